The number of pyridine rings is 1. The average Bonchev–Trinajstić information content (AvgIpc) is 2.63. The van der Waals surface area contributed by atoms with Crippen molar-refractivity contribution >= 4 is 29.6 Å². The van der Waals surface area contributed by atoms with Gasteiger partial charge in [0.25, 0.3) is 0 Å². The van der Waals surface area contributed by atoms with Gasteiger partial charge in [0, 0.05) is 41.1 Å². The van der Waals surface area contributed by atoms with Crippen LogP contribution in [-0.2, 0) is 0 Å². The first kappa shape index (κ1) is 17.5. The molecule has 0 bridgehead atoms. The molecule has 0 amide bonds. The smallest absolute Gasteiger partial charge is 0.0595 e. The largest absolute Gasteiger partial charge is 0.404 e. The molecule has 0 unspecified atom stereocenters. The average molecular weight is 355 g/mol. The van der Waals surface area contributed by atoms with Crippen molar-refractivity contribution in [3.63, 3.8) is 0 Å². The highest BCUT2D eigenvalue weighted by molar-refractivity contribution is 6.30. The zero-order valence-corrected chi connectivity index (χ0v) is 14.9. The van der Waals surface area contributed by atoms with E-state index in [1.54, 1.807) is 18.5 Å². The summed E-state index contributed by atoms with van der Waals surface area (Å²) in [6.45, 7) is 5.88. The van der Waals surface area contributed by atoms with E-state index in [1.807, 2.05) is 18.3 Å². The monoisotopic (exact) mass is 354 g/mol. The van der Waals surface area contributed by atoms with Crippen LogP contribution in [0.5, 0.6) is 0 Å². The molecule has 0 radical (unpaired) electrons. The predicted molar refractivity (Wildman–Crippen MR) is 107 cm³/mol. The standard InChI is InChI=1S/C20H23ClN4/c1-2-3-14-8-15(16-9-17(21)13-24-12-16)10-20(19(14)11-22)25-18-4-6-23-7-5-18/h2-3,8-13,18,23,25H,1,4-7,22H2/b14-3-,19-11+. The number of rotatable bonds is 4. The molecule has 2 heterocycles. The minimum absolute atomic E-state index is 0.435. The van der Waals surface area contributed by atoms with Crippen molar-refractivity contribution in [2.24, 2.45) is 5.73 Å². The molecule has 1 aromatic heterocycles. The molecule has 0 atom stereocenters. The van der Waals surface area contributed by atoms with E-state index in [2.05, 4.69) is 34.3 Å². The van der Waals surface area contributed by atoms with Crippen LogP contribution >= 0.6 is 11.6 Å². The summed E-state index contributed by atoms with van der Waals surface area (Å²) < 4.78 is 0. The predicted octanol–water partition coefficient (Wildman–Crippen LogP) is 2.23. The highest BCUT2D eigenvalue weighted by Gasteiger charge is 2.14. The number of anilines is 1. The van der Waals surface area contributed by atoms with Crippen LogP contribution in [-0.4, -0.2) is 24.1 Å². The molecule has 0 spiro atoms. The van der Waals surface area contributed by atoms with Crippen molar-refractivity contribution in [2.75, 3.05) is 18.4 Å². The Labute approximate surface area is 153 Å². The molecule has 1 aliphatic heterocycles. The summed E-state index contributed by atoms with van der Waals surface area (Å²) in [5, 5.41) is 9.68. The molecule has 0 aliphatic carbocycles. The van der Waals surface area contributed by atoms with Crippen LogP contribution in [0.2, 0.25) is 5.02 Å². The third-order valence-electron chi connectivity index (χ3n) is 4.41. The summed E-state index contributed by atoms with van der Waals surface area (Å²) in [6.07, 6.45) is 11.0. The number of nitrogens with two attached hydrogens (primary N) is 1. The van der Waals surface area contributed by atoms with Gasteiger partial charge < -0.3 is 16.4 Å². The molecular formula is C20H23ClN4. The number of halogens is 1. The van der Waals surface area contributed by atoms with Gasteiger partial charge in [0.2, 0.25) is 0 Å². The Hall–Kier alpha value is -2.30. The second-order valence-corrected chi connectivity index (χ2v) is 6.59. The third kappa shape index (κ3) is 4.21. The molecular weight excluding hydrogens is 332 g/mol. The first-order valence-corrected chi connectivity index (χ1v) is 8.86. The van der Waals surface area contributed by atoms with Crippen LogP contribution in [0.15, 0.2) is 43.2 Å². The summed E-state index contributed by atoms with van der Waals surface area (Å²) in [7, 11) is 0. The van der Waals surface area contributed by atoms with Gasteiger partial charge in [-0.25, -0.2) is 0 Å². The quantitative estimate of drug-likeness (QED) is 0.788. The van der Waals surface area contributed by atoms with E-state index >= 15 is 0 Å². The van der Waals surface area contributed by atoms with Crippen LogP contribution in [0.3, 0.4) is 0 Å². The first-order chi connectivity index (χ1) is 12.2. The fraction of sp³-hybridized carbons (Fsp3) is 0.250. The summed E-state index contributed by atoms with van der Waals surface area (Å²) >= 11 is 6.11. The Kier molecular flexibility index (Phi) is 5.74. The van der Waals surface area contributed by atoms with Crippen molar-refractivity contribution in [1.82, 2.24) is 10.3 Å². The SMILES string of the molecule is C=C/C=c1/cc(-c2cncc(Cl)c2)cc(NC2CCNCC2)/c1=C/N. The molecule has 1 aromatic carbocycles. The summed E-state index contributed by atoms with van der Waals surface area (Å²) in [5.41, 5.74) is 8.98. The topological polar surface area (TPSA) is 63.0 Å². The van der Waals surface area contributed by atoms with E-state index in [9.17, 15) is 0 Å². The molecule has 0 saturated carbocycles. The van der Waals surface area contributed by atoms with Crippen LogP contribution in [0.25, 0.3) is 23.4 Å². The normalized spacial score (nSPS) is 16.8. The van der Waals surface area contributed by atoms with Crippen LogP contribution in [0.4, 0.5) is 5.69 Å². The number of hydrogen-bond donors (Lipinski definition) is 3. The molecule has 5 heteroatoms. The molecule has 2 aromatic rings. The second-order valence-electron chi connectivity index (χ2n) is 6.16. The maximum absolute atomic E-state index is 6.11. The summed E-state index contributed by atoms with van der Waals surface area (Å²) in [6, 6.07) is 6.56. The van der Waals surface area contributed by atoms with Gasteiger partial charge in [0.1, 0.15) is 0 Å². The molecule has 4 N–H and O–H groups in total. The molecule has 1 aliphatic rings. The maximum Gasteiger partial charge on any atom is 0.0595 e. The van der Waals surface area contributed by atoms with Crippen LogP contribution < -0.4 is 26.8 Å². The van der Waals surface area contributed by atoms with Crippen LogP contribution in [0, 0.1) is 0 Å². The lowest BCUT2D eigenvalue weighted by molar-refractivity contribution is 0.479. The van der Waals surface area contributed by atoms with E-state index in [4.69, 9.17) is 17.3 Å². The van der Waals surface area contributed by atoms with Gasteiger partial charge in [-0.15, -0.1) is 0 Å². The number of aromatic nitrogens is 1. The molecule has 3 rings (SSSR count). The minimum Gasteiger partial charge on any atom is -0.404 e. The van der Waals surface area contributed by atoms with E-state index in [1.165, 1.54) is 0 Å². The van der Waals surface area contributed by atoms with Crippen molar-refractivity contribution < 1.29 is 0 Å². The molecule has 1 saturated heterocycles. The second kappa shape index (κ2) is 8.19. The van der Waals surface area contributed by atoms with Crippen molar-refractivity contribution in [1.29, 1.82) is 0 Å². The van der Waals surface area contributed by atoms with E-state index in [0.717, 1.165) is 53.2 Å². The van der Waals surface area contributed by atoms with Crippen molar-refractivity contribution in [2.45, 2.75) is 18.9 Å². The highest BCUT2D eigenvalue weighted by Crippen LogP contribution is 2.22. The Morgan fingerprint density at radius 1 is 1.20 bits per heavy atom. The number of allylic oxidation sites excluding steroid dienone is 1. The summed E-state index contributed by atoms with van der Waals surface area (Å²) in [5.74, 6) is 0. The lowest BCUT2D eigenvalue weighted by atomic mass is 10.0. The Balaban J connectivity index is 2.11. The number of nitrogens with one attached hydrogen (secondary N) is 2. The van der Waals surface area contributed by atoms with Crippen molar-refractivity contribution in [3.8, 4) is 11.1 Å². The van der Waals surface area contributed by atoms with Gasteiger partial charge in [0.15, 0.2) is 0 Å². The van der Waals surface area contributed by atoms with Gasteiger partial charge in [-0.1, -0.05) is 30.3 Å². The zero-order chi connectivity index (χ0) is 17.6. The van der Waals surface area contributed by atoms with E-state index in [-0.39, 0.29) is 0 Å². The van der Waals surface area contributed by atoms with Gasteiger partial charge in [-0.05, 0) is 54.9 Å². The number of benzene rings is 1. The van der Waals surface area contributed by atoms with Gasteiger partial charge in [0.05, 0.1) is 5.02 Å². The van der Waals surface area contributed by atoms with Crippen molar-refractivity contribution in [3.05, 3.63) is 58.7 Å². The molecule has 4 nitrogen and oxygen atoms in total. The number of nitrogens with zero attached hydrogens (tertiary/aromatic N) is 1. The zero-order valence-electron chi connectivity index (χ0n) is 14.1. The van der Waals surface area contributed by atoms with Gasteiger partial charge in [-0.2, -0.15) is 0 Å². The lowest BCUT2D eigenvalue weighted by Crippen LogP contribution is -2.38. The molecule has 130 valence electrons. The Morgan fingerprint density at radius 3 is 2.68 bits per heavy atom. The summed E-state index contributed by atoms with van der Waals surface area (Å²) in [4.78, 5) is 4.20. The molecule has 1 fully saturated rings. The fourth-order valence-electron chi connectivity index (χ4n) is 3.17. The van der Waals surface area contributed by atoms with Crippen LogP contribution in [0.1, 0.15) is 12.8 Å². The number of piperidine rings is 1. The van der Waals surface area contributed by atoms with E-state index < -0.39 is 0 Å². The van der Waals surface area contributed by atoms with Gasteiger partial charge >= 0.3 is 0 Å². The Bertz CT molecular complexity index is 870. The number of hydrogen-bond acceptors (Lipinski definition) is 4. The highest BCUT2D eigenvalue weighted by atomic mass is 35.5. The minimum atomic E-state index is 0.435. The maximum atomic E-state index is 6.11. The van der Waals surface area contributed by atoms with E-state index in [0.29, 0.717) is 11.1 Å². The molecule has 25 heavy (non-hydrogen) atoms. The first-order valence-electron chi connectivity index (χ1n) is 8.48. The fourth-order valence-corrected chi connectivity index (χ4v) is 3.34. The van der Waals surface area contributed by atoms with Gasteiger partial charge in [-0.3, -0.25) is 4.98 Å². The lowest BCUT2D eigenvalue weighted by Gasteiger charge is -2.25. The Morgan fingerprint density at radius 2 is 2.00 bits per heavy atom. The third-order valence-corrected chi connectivity index (χ3v) is 4.62.